The van der Waals surface area contributed by atoms with E-state index in [2.05, 4.69) is 15.6 Å². The second-order valence-electron chi connectivity index (χ2n) is 6.50. The Morgan fingerprint density at radius 3 is 2.30 bits per heavy atom. The van der Waals surface area contributed by atoms with Crippen LogP contribution in [0.15, 0.2) is 93.2 Å². The summed E-state index contributed by atoms with van der Waals surface area (Å²) >= 11 is 0. The van der Waals surface area contributed by atoms with Crippen molar-refractivity contribution in [2.24, 2.45) is 0 Å². The topological polar surface area (TPSA) is 109 Å². The van der Waals surface area contributed by atoms with E-state index in [1.54, 1.807) is 24.3 Å². The van der Waals surface area contributed by atoms with Crippen molar-refractivity contribution in [3.05, 3.63) is 111 Å². The number of amides is 1. The van der Waals surface area contributed by atoms with E-state index in [4.69, 9.17) is 4.42 Å². The number of benzene rings is 2. The normalized spacial score (nSPS) is 10.5. The molecule has 0 saturated carbocycles. The van der Waals surface area contributed by atoms with Gasteiger partial charge in [0.1, 0.15) is 11.3 Å². The van der Waals surface area contributed by atoms with E-state index in [-0.39, 0.29) is 12.1 Å². The van der Waals surface area contributed by atoms with Crippen LogP contribution in [-0.2, 0) is 6.54 Å². The predicted molar refractivity (Wildman–Crippen MR) is 113 cm³/mol. The van der Waals surface area contributed by atoms with Crippen molar-refractivity contribution < 1.29 is 9.21 Å². The molecule has 0 aliphatic rings. The Morgan fingerprint density at radius 2 is 1.60 bits per heavy atom. The molecule has 30 heavy (non-hydrogen) atoms. The number of hydrogen-bond donors (Lipinski definition) is 3. The number of hydrogen-bond acceptors (Lipinski definition) is 5. The van der Waals surface area contributed by atoms with Gasteiger partial charge in [-0.2, -0.15) is 0 Å². The molecule has 0 fully saturated rings. The summed E-state index contributed by atoms with van der Waals surface area (Å²) in [5.74, 6) is -0.185. The molecule has 4 aromatic rings. The van der Waals surface area contributed by atoms with Crippen molar-refractivity contribution >= 4 is 23.0 Å². The van der Waals surface area contributed by atoms with Crippen molar-refractivity contribution in [2.75, 3.05) is 10.6 Å². The highest BCUT2D eigenvalue weighted by atomic mass is 16.3. The average molecular weight is 402 g/mol. The molecule has 2 heterocycles. The Kier molecular flexibility index (Phi) is 5.29. The monoisotopic (exact) mass is 402 g/mol. The lowest BCUT2D eigenvalue weighted by molar-refractivity contribution is 0.102. The molecule has 1 amide bonds. The maximum atomic E-state index is 12.6. The number of furan rings is 1. The fourth-order valence-electron chi connectivity index (χ4n) is 2.90. The van der Waals surface area contributed by atoms with E-state index in [0.717, 1.165) is 22.1 Å². The lowest BCUT2D eigenvalue weighted by atomic mass is 10.2. The molecule has 0 radical (unpaired) electrons. The van der Waals surface area contributed by atoms with Gasteiger partial charge in [0.05, 0.1) is 12.8 Å². The highest BCUT2D eigenvalue weighted by Gasteiger charge is 2.16. The largest absolute Gasteiger partial charge is 0.467 e. The molecule has 4 rings (SSSR count). The molecule has 0 spiro atoms. The van der Waals surface area contributed by atoms with Crippen LogP contribution >= 0.6 is 0 Å². The molecule has 3 N–H and O–H groups in total. The van der Waals surface area contributed by atoms with Crippen molar-refractivity contribution in [3.8, 4) is 0 Å². The molecular weight excluding hydrogens is 384 g/mol. The van der Waals surface area contributed by atoms with Crippen molar-refractivity contribution in [3.63, 3.8) is 0 Å². The number of carbonyl (C=O) groups is 1. The number of aromatic amines is 1. The van der Waals surface area contributed by atoms with Gasteiger partial charge in [-0.3, -0.25) is 14.2 Å². The molecule has 8 heteroatoms. The maximum Gasteiger partial charge on any atom is 0.328 e. The highest BCUT2D eigenvalue weighted by molar-refractivity contribution is 6.03. The molecule has 0 unspecified atom stereocenters. The Hall–Kier alpha value is -4.33. The zero-order chi connectivity index (χ0) is 20.9. The molecule has 0 saturated heterocycles. The molecule has 0 aliphatic carbocycles. The molecule has 2 aromatic heterocycles. The van der Waals surface area contributed by atoms with Crippen molar-refractivity contribution in [1.82, 2.24) is 9.55 Å². The van der Waals surface area contributed by atoms with Crippen molar-refractivity contribution in [1.29, 1.82) is 0 Å². The molecular formula is C22H18N4O4. The van der Waals surface area contributed by atoms with Gasteiger partial charge in [0.25, 0.3) is 11.5 Å². The Labute approximate surface area is 170 Å². The van der Waals surface area contributed by atoms with E-state index in [9.17, 15) is 14.4 Å². The second kappa shape index (κ2) is 8.36. The van der Waals surface area contributed by atoms with Gasteiger partial charge in [-0.05, 0) is 48.5 Å². The van der Waals surface area contributed by atoms with Gasteiger partial charge in [-0.1, -0.05) is 18.2 Å². The van der Waals surface area contributed by atoms with E-state index in [0.29, 0.717) is 11.4 Å². The number of H-pyrrole nitrogens is 1. The summed E-state index contributed by atoms with van der Waals surface area (Å²) in [5.41, 5.74) is 0.817. The summed E-state index contributed by atoms with van der Waals surface area (Å²) in [6.45, 7) is -0.0673. The minimum Gasteiger partial charge on any atom is -0.467 e. The van der Waals surface area contributed by atoms with Crippen LogP contribution in [0.1, 0.15) is 16.1 Å². The first kappa shape index (κ1) is 19.0. The van der Waals surface area contributed by atoms with Gasteiger partial charge in [0.15, 0.2) is 0 Å². The lowest BCUT2D eigenvalue weighted by Gasteiger charge is -2.09. The first-order valence-electron chi connectivity index (χ1n) is 9.18. The SMILES string of the molecule is O=C(Nc1ccc(Nc2ccccc2)cc1)c1c[nH]c(=O)n(Cc2ccco2)c1=O. The smallest absolute Gasteiger partial charge is 0.328 e. The van der Waals surface area contributed by atoms with Crippen LogP contribution in [0.5, 0.6) is 0 Å². The summed E-state index contributed by atoms with van der Waals surface area (Å²) < 4.78 is 6.10. The van der Waals surface area contributed by atoms with E-state index < -0.39 is 17.2 Å². The van der Waals surface area contributed by atoms with Crippen molar-refractivity contribution in [2.45, 2.75) is 6.54 Å². The third-order valence-electron chi connectivity index (χ3n) is 4.40. The van der Waals surface area contributed by atoms with Crippen LogP contribution in [0.4, 0.5) is 17.1 Å². The molecule has 0 aliphatic heterocycles. The average Bonchev–Trinajstić information content (AvgIpc) is 3.26. The fourth-order valence-corrected chi connectivity index (χ4v) is 2.90. The van der Waals surface area contributed by atoms with Crippen LogP contribution in [0.3, 0.4) is 0 Å². The van der Waals surface area contributed by atoms with E-state index in [1.807, 2.05) is 42.5 Å². The van der Waals surface area contributed by atoms with Crippen LogP contribution in [-0.4, -0.2) is 15.5 Å². The first-order chi connectivity index (χ1) is 14.6. The molecule has 8 nitrogen and oxygen atoms in total. The van der Waals surface area contributed by atoms with E-state index >= 15 is 0 Å². The Morgan fingerprint density at radius 1 is 0.900 bits per heavy atom. The summed E-state index contributed by atoms with van der Waals surface area (Å²) in [4.78, 5) is 39.7. The van der Waals surface area contributed by atoms with Gasteiger partial charge in [0, 0.05) is 23.3 Å². The van der Waals surface area contributed by atoms with Crippen LogP contribution in [0.2, 0.25) is 0 Å². The third-order valence-corrected chi connectivity index (χ3v) is 4.40. The van der Waals surface area contributed by atoms with E-state index in [1.165, 1.54) is 6.26 Å². The third kappa shape index (κ3) is 4.22. The van der Waals surface area contributed by atoms with Crippen LogP contribution in [0.25, 0.3) is 0 Å². The number of nitrogens with one attached hydrogen (secondary N) is 3. The standard InChI is InChI=1S/C22H18N4O4/c27-20(19-13-23-22(29)26(21(19)28)14-18-7-4-12-30-18)25-17-10-8-16(9-11-17)24-15-5-2-1-3-6-15/h1-13,24H,14H2,(H,23,29)(H,25,27). The number of nitrogens with zero attached hydrogens (tertiary/aromatic N) is 1. The quantitative estimate of drug-likeness (QED) is 0.459. The number of rotatable bonds is 6. The summed E-state index contributed by atoms with van der Waals surface area (Å²) in [6.07, 6.45) is 2.56. The lowest BCUT2D eigenvalue weighted by Crippen LogP contribution is -2.39. The van der Waals surface area contributed by atoms with Gasteiger partial charge >= 0.3 is 5.69 Å². The Balaban J connectivity index is 1.50. The van der Waals surface area contributed by atoms with Gasteiger partial charge in [0.2, 0.25) is 0 Å². The second-order valence-corrected chi connectivity index (χ2v) is 6.50. The zero-order valence-electron chi connectivity index (χ0n) is 15.8. The van der Waals surface area contributed by atoms with Gasteiger partial charge < -0.3 is 20.0 Å². The van der Waals surface area contributed by atoms with Gasteiger partial charge in [-0.25, -0.2) is 4.79 Å². The number of aromatic nitrogens is 2. The minimum absolute atomic E-state index is 0.0673. The highest BCUT2D eigenvalue weighted by Crippen LogP contribution is 2.18. The predicted octanol–water partition coefficient (Wildman–Crippen LogP) is 3.17. The first-order valence-corrected chi connectivity index (χ1v) is 9.18. The number of anilines is 3. The molecule has 2 aromatic carbocycles. The summed E-state index contributed by atoms with van der Waals surface area (Å²) in [5, 5.41) is 5.92. The molecule has 0 bridgehead atoms. The zero-order valence-corrected chi connectivity index (χ0v) is 15.8. The Bertz CT molecular complexity index is 1260. The fraction of sp³-hybridized carbons (Fsp3) is 0.0455. The molecule has 0 atom stereocenters. The molecule has 150 valence electrons. The minimum atomic E-state index is -0.699. The summed E-state index contributed by atoms with van der Waals surface area (Å²) in [7, 11) is 0. The van der Waals surface area contributed by atoms with Crippen LogP contribution in [0, 0.1) is 0 Å². The number of para-hydroxylation sites is 1. The summed E-state index contributed by atoms with van der Waals surface area (Å²) in [6, 6.07) is 20.0. The maximum absolute atomic E-state index is 12.6. The van der Waals surface area contributed by atoms with Crippen LogP contribution < -0.4 is 21.9 Å². The van der Waals surface area contributed by atoms with Gasteiger partial charge in [-0.15, -0.1) is 0 Å². The number of carbonyl (C=O) groups excluding carboxylic acids is 1.